The summed E-state index contributed by atoms with van der Waals surface area (Å²) < 4.78 is 0. The van der Waals surface area contributed by atoms with Gasteiger partial charge in [0, 0.05) is 23.3 Å². The number of hydrogen-bond donors (Lipinski definition) is 2. The molecule has 0 saturated heterocycles. The number of aliphatic hydroxyl groups is 1. The van der Waals surface area contributed by atoms with Gasteiger partial charge in [0.1, 0.15) is 10.7 Å². The number of nitrogens with one attached hydrogen (secondary N) is 1. The van der Waals surface area contributed by atoms with Gasteiger partial charge in [0.15, 0.2) is 5.76 Å². The van der Waals surface area contributed by atoms with Gasteiger partial charge in [-0.2, -0.15) is 0 Å². The second-order valence-electron chi connectivity index (χ2n) is 4.81. The molecule has 0 saturated carbocycles. The lowest BCUT2D eigenvalue weighted by Crippen LogP contribution is -2.29. The van der Waals surface area contributed by atoms with Crippen molar-refractivity contribution >= 4 is 22.7 Å². The predicted octanol–water partition coefficient (Wildman–Crippen LogP) is 0.612. The monoisotopic (exact) mass is 327 g/mol. The molecular formula is C14H9N5O5. The number of benzene rings is 1. The van der Waals surface area contributed by atoms with Crippen LogP contribution in [0.2, 0.25) is 0 Å². The summed E-state index contributed by atoms with van der Waals surface area (Å²) >= 11 is 0. The number of allylic oxidation sites excluding steroid dienone is 4. The average molecular weight is 327 g/mol. The van der Waals surface area contributed by atoms with Crippen molar-refractivity contribution in [2.75, 3.05) is 0 Å². The van der Waals surface area contributed by atoms with E-state index in [9.17, 15) is 25.3 Å². The van der Waals surface area contributed by atoms with Crippen LogP contribution in [0, 0.1) is 20.2 Å². The number of hydrogen-bond acceptors (Lipinski definition) is 7. The Kier molecular flexibility index (Phi) is 3.62. The fourth-order valence-corrected chi connectivity index (χ4v) is 2.21. The van der Waals surface area contributed by atoms with Crippen LogP contribution < -0.4 is 10.7 Å². The first kappa shape index (κ1) is 15.1. The molecule has 2 N–H and O–H groups in total. The SMILES string of the molecule is O=[N+]([O-])c1cc(/C(O)=c2\[nH]nnc2=C2C=CC=C2)cc([N+](=O)[O-])c1. The Morgan fingerprint density at radius 2 is 1.62 bits per heavy atom. The maximum atomic E-state index is 11.0. The molecule has 0 aliphatic heterocycles. The fourth-order valence-electron chi connectivity index (χ4n) is 2.21. The Labute approximate surface area is 133 Å². The van der Waals surface area contributed by atoms with Gasteiger partial charge in [-0.3, -0.25) is 25.3 Å². The zero-order valence-electron chi connectivity index (χ0n) is 11.9. The number of nitrogens with zero attached hydrogens (tertiary/aromatic N) is 4. The molecule has 1 aromatic heterocycles. The highest BCUT2D eigenvalue weighted by Crippen LogP contribution is 2.25. The molecule has 1 heterocycles. The third-order valence-corrected chi connectivity index (χ3v) is 3.32. The van der Waals surface area contributed by atoms with E-state index in [4.69, 9.17) is 0 Å². The maximum absolute atomic E-state index is 11.0. The summed E-state index contributed by atoms with van der Waals surface area (Å²) in [6.45, 7) is 0. The van der Waals surface area contributed by atoms with E-state index in [1.165, 1.54) is 0 Å². The summed E-state index contributed by atoms with van der Waals surface area (Å²) in [6, 6.07) is 2.90. The molecule has 3 rings (SSSR count). The van der Waals surface area contributed by atoms with Gasteiger partial charge in [-0.05, 0) is 0 Å². The number of H-pyrrole nitrogens is 1. The second-order valence-corrected chi connectivity index (χ2v) is 4.81. The third kappa shape index (κ3) is 2.63. The molecule has 0 fully saturated rings. The quantitative estimate of drug-likeness (QED) is 0.619. The van der Waals surface area contributed by atoms with E-state index in [1.54, 1.807) is 24.3 Å². The van der Waals surface area contributed by atoms with E-state index >= 15 is 0 Å². The minimum Gasteiger partial charge on any atom is -0.505 e. The Balaban J connectivity index is 2.31. The van der Waals surface area contributed by atoms with Crippen LogP contribution in [0.15, 0.2) is 42.5 Å². The molecule has 2 aromatic rings. The molecule has 24 heavy (non-hydrogen) atoms. The van der Waals surface area contributed by atoms with Crippen molar-refractivity contribution in [2.45, 2.75) is 0 Å². The smallest absolute Gasteiger partial charge is 0.277 e. The van der Waals surface area contributed by atoms with Gasteiger partial charge >= 0.3 is 0 Å². The summed E-state index contributed by atoms with van der Waals surface area (Å²) in [7, 11) is 0. The summed E-state index contributed by atoms with van der Waals surface area (Å²) in [5.41, 5.74) is -0.429. The Hall–Kier alpha value is -3.82. The number of aromatic amines is 1. The highest BCUT2D eigenvalue weighted by atomic mass is 16.6. The van der Waals surface area contributed by atoms with Gasteiger partial charge in [0.25, 0.3) is 11.4 Å². The van der Waals surface area contributed by atoms with Crippen molar-refractivity contribution in [3.8, 4) is 0 Å². The van der Waals surface area contributed by atoms with Gasteiger partial charge in [-0.15, -0.1) is 5.10 Å². The number of rotatable bonds is 3. The summed E-state index contributed by atoms with van der Waals surface area (Å²) in [6.07, 6.45) is 7.02. The van der Waals surface area contributed by atoms with Crippen molar-refractivity contribution in [1.29, 1.82) is 0 Å². The first-order valence-corrected chi connectivity index (χ1v) is 6.61. The van der Waals surface area contributed by atoms with Crippen LogP contribution in [-0.4, -0.2) is 30.4 Å². The van der Waals surface area contributed by atoms with Crippen LogP contribution in [0.1, 0.15) is 5.56 Å². The maximum Gasteiger partial charge on any atom is 0.277 e. The predicted molar refractivity (Wildman–Crippen MR) is 82.2 cm³/mol. The van der Waals surface area contributed by atoms with Crippen LogP contribution in [0.25, 0.3) is 11.3 Å². The number of nitro groups is 2. The molecule has 10 heteroatoms. The molecule has 0 radical (unpaired) electrons. The first-order valence-electron chi connectivity index (χ1n) is 6.61. The zero-order chi connectivity index (χ0) is 17.3. The highest BCUT2D eigenvalue weighted by Gasteiger charge is 2.19. The van der Waals surface area contributed by atoms with Crippen molar-refractivity contribution in [3.05, 3.63) is 79.0 Å². The molecule has 0 spiro atoms. The minimum absolute atomic E-state index is 0.0882. The van der Waals surface area contributed by atoms with Crippen molar-refractivity contribution in [2.24, 2.45) is 0 Å². The number of aromatic nitrogens is 3. The summed E-state index contributed by atoms with van der Waals surface area (Å²) in [5.74, 6) is -0.428. The molecular weight excluding hydrogens is 318 g/mol. The Morgan fingerprint density at radius 1 is 1.04 bits per heavy atom. The average Bonchev–Trinajstić information content (AvgIpc) is 3.24. The number of non-ortho nitro benzene ring substituents is 2. The standard InChI is InChI=1S/C14H9N5O5/c20-14(13-12(15-17-16-13)8-3-1-2-4-8)9-5-10(18(21)22)7-11(6-9)19(23)24/h1-7,20H,(H,15,16)/b14-13+. The van der Waals surface area contributed by atoms with Gasteiger partial charge in [-0.1, -0.05) is 29.5 Å². The van der Waals surface area contributed by atoms with E-state index in [-0.39, 0.29) is 10.9 Å². The van der Waals surface area contributed by atoms with Gasteiger partial charge < -0.3 is 5.11 Å². The normalized spacial score (nSPS) is 14.1. The summed E-state index contributed by atoms with van der Waals surface area (Å²) in [4.78, 5) is 20.4. The van der Waals surface area contributed by atoms with Crippen molar-refractivity contribution in [3.63, 3.8) is 0 Å². The van der Waals surface area contributed by atoms with Crippen LogP contribution in [0.3, 0.4) is 0 Å². The first-order chi connectivity index (χ1) is 11.5. The molecule has 10 nitrogen and oxygen atoms in total. The molecule has 0 amide bonds. The van der Waals surface area contributed by atoms with E-state index < -0.39 is 27.0 Å². The van der Waals surface area contributed by atoms with Gasteiger partial charge in [0.2, 0.25) is 0 Å². The second kappa shape index (κ2) is 5.76. The molecule has 120 valence electrons. The molecule has 1 aliphatic carbocycles. The molecule has 1 aliphatic rings. The molecule has 0 unspecified atom stereocenters. The van der Waals surface area contributed by atoms with Crippen LogP contribution in [0.5, 0.6) is 0 Å². The van der Waals surface area contributed by atoms with E-state index in [2.05, 4.69) is 15.4 Å². The number of aliphatic hydroxyl groups excluding tert-OH is 1. The minimum atomic E-state index is -0.771. The lowest BCUT2D eigenvalue weighted by molar-refractivity contribution is -0.394. The highest BCUT2D eigenvalue weighted by molar-refractivity contribution is 5.71. The molecule has 1 aromatic carbocycles. The van der Waals surface area contributed by atoms with Gasteiger partial charge in [-0.25, -0.2) is 0 Å². The largest absolute Gasteiger partial charge is 0.505 e. The van der Waals surface area contributed by atoms with E-state index in [0.717, 1.165) is 18.2 Å². The lowest BCUT2D eigenvalue weighted by atomic mass is 10.1. The molecule has 0 bridgehead atoms. The van der Waals surface area contributed by atoms with Crippen LogP contribution in [0.4, 0.5) is 11.4 Å². The van der Waals surface area contributed by atoms with E-state index in [1.807, 2.05) is 0 Å². The van der Waals surface area contributed by atoms with Crippen LogP contribution in [-0.2, 0) is 0 Å². The lowest BCUT2D eigenvalue weighted by Gasteiger charge is -2.00. The van der Waals surface area contributed by atoms with Crippen molar-refractivity contribution in [1.82, 2.24) is 15.4 Å². The van der Waals surface area contributed by atoms with Crippen molar-refractivity contribution < 1.29 is 15.0 Å². The fraction of sp³-hybridized carbons (Fsp3) is 0. The Bertz CT molecular complexity index is 988. The summed E-state index contributed by atoms with van der Waals surface area (Å²) in [5, 5.41) is 42.8. The topological polar surface area (TPSA) is 148 Å². The van der Waals surface area contributed by atoms with Crippen LogP contribution >= 0.6 is 0 Å². The van der Waals surface area contributed by atoms with E-state index in [0.29, 0.717) is 10.9 Å². The number of nitro benzene ring substituents is 2. The molecule has 0 atom stereocenters. The zero-order valence-corrected chi connectivity index (χ0v) is 11.9. The third-order valence-electron chi connectivity index (χ3n) is 3.32. The van der Waals surface area contributed by atoms with Gasteiger partial charge in [0.05, 0.1) is 15.9 Å². The Morgan fingerprint density at radius 3 is 2.17 bits per heavy atom.